The van der Waals surface area contributed by atoms with Gasteiger partial charge >= 0.3 is 5.97 Å². The summed E-state index contributed by atoms with van der Waals surface area (Å²) in [4.78, 5) is 10.2. The number of aliphatic hydroxyl groups is 1. The van der Waals surface area contributed by atoms with Gasteiger partial charge in [-0.15, -0.1) is 0 Å². The minimum atomic E-state index is -0.864. The molecule has 0 saturated heterocycles. The molecule has 0 amide bonds. The van der Waals surface area contributed by atoms with Gasteiger partial charge in [0.25, 0.3) is 0 Å². The molecular formula is C14H28O4. The quantitative estimate of drug-likeness (QED) is 0.500. The molecule has 0 aliphatic heterocycles. The van der Waals surface area contributed by atoms with Gasteiger partial charge in [0.05, 0.1) is 25.7 Å². The molecule has 0 aromatic rings. The fourth-order valence-corrected chi connectivity index (χ4v) is 1.80. The monoisotopic (exact) mass is 260 g/mol. The van der Waals surface area contributed by atoms with Crippen molar-refractivity contribution in [1.82, 2.24) is 0 Å². The van der Waals surface area contributed by atoms with E-state index in [-0.39, 0.29) is 19.6 Å². The van der Waals surface area contributed by atoms with Crippen molar-refractivity contribution in [2.24, 2.45) is 0 Å². The molecule has 0 aliphatic rings. The second-order valence-electron chi connectivity index (χ2n) is 4.78. The first-order chi connectivity index (χ1) is 8.66. The van der Waals surface area contributed by atoms with E-state index in [1.807, 2.05) is 0 Å². The third-order valence-corrected chi connectivity index (χ3v) is 2.91. The van der Waals surface area contributed by atoms with Gasteiger partial charge < -0.3 is 14.9 Å². The first-order valence-corrected chi connectivity index (χ1v) is 7.14. The fraction of sp³-hybridized carbons (Fsp3) is 0.929. The first kappa shape index (κ1) is 17.4. The zero-order chi connectivity index (χ0) is 13.6. The van der Waals surface area contributed by atoms with Crippen LogP contribution in [0.1, 0.15) is 64.7 Å². The summed E-state index contributed by atoms with van der Waals surface area (Å²) in [6.07, 6.45) is 8.93. The van der Waals surface area contributed by atoms with E-state index in [9.17, 15) is 9.90 Å². The lowest BCUT2D eigenvalue weighted by atomic mass is 10.1. The topological polar surface area (TPSA) is 66.8 Å². The van der Waals surface area contributed by atoms with Crippen molar-refractivity contribution in [3.05, 3.63) is 0 Å². The molecule has 0 spiro atoms. The lowest BCUT2D eigenvalue weighted by Gasteiger charge is -2.10. The van der Waals surface area contributed by atoms with Crippen molar-refractivity contribution in [3.8, 4) is 0 Å². The van der Waals surface area contributed by atoms with E-state index in [4.69, 9.17) is 9.84 Å². The summed E-state index contributed by atoms with van der Waals surface area (Å²) in [5.74, 6) is -0.864. The second-order valence-corrected chi connectivity index (χ2v) is 4.78. The number of hydrogen-bond donors (Lipinski definition) is 2. The highest BCUT2D eigenvalue weighted by atomic mass is 16.5. The Bertz CT molecular complexity index is 194. The zero-order valence-corrected chi connectivity index (χ0v) is 11.6. The molecule has 0 saturated carbocycles. The van der Waals surface area contributed by atoms with Crippen LogP contribution < -0.4 is 0 Å². The standard InChI is InChI=1S/C14H28O4/c1-2-3-4-5-6-7-8-9-13(15)12-18-11-10-14(16)17/h13,15H,2-12H2,1H3,(H,16,17). The van der Waals surface area contributed by atoms with Crippen LogP contribution in [-0.4, -0.2) is 35.5 Å². The molecule has 4 heteroatoms. The number of aliphatic carboxylic acids is 1. The number of rotatable bonds is 13. The highest BCUT2D eigenvalue weighted by molar-refractivity contribution is 5.66. The van der Waals surface area contributed by atoms with Gasteiger partial charge in [-0.2, -0.15) is 0 Å². The van der Waals surface area contributed by atoms with Crippen LogP contribution >= 0.6 is 0 Å². The minimum Gasteiger partial charge on any atom is -0.481 e. The molecule has 4 nitrogen and oxygen atoms in total. The SMILES string of the molecule is CCCCCCCCCC(O)COCCC(=O)O. The second kappa shape index (κ2) is 12.8. The molecule has 1 unspecified atom stereocenters. The molecule has 18 heavy (non-hydrogen) atoms. The highest BCUT2D eigenvalue weighted by Crippen LogP contribution is 2.09. The van der Waals surface area contributed by atoms with Gasteiger partial charge in [-0.05, 0) is 6.42 Å². The molecule has 0 rings (SSSR count). The van der Waals surface area contributed by atoms with E-state index in [0.717, 1.165) is 19.3 Å². The van der Waals surface area contributed by atoms with Crippen molar-refractivity contribution in [2.75, 3.05) is 13.2 Å². The number of ether oxygens (including phenoxy) is 1. The number of unbranched alkanes of at least 4 members (excludes halogenated alkanes) is 6. The Morgan fingerprint density at radius 2 is 1.72 bits per heavy atom. The van der Waals surface area contributed by atoms with E-state index >= 15 is 0 Å². The van der Waals surface area contributed by atoms with Crippen LogP contribution in [0.2, 0.25) is 0 Å². The van der Waals surface area contributed by atoms with Crippen LogP contribution in [0.15, 0.2) is 0 Å². The number of carboxylic acid groups (broad SMARTS) is 1. The molecule has 0 aliphatic carbocycles. The average Bonchev–Trinajstić information content (AvgIpc) is 2.33. The van der Waals surface area contributed by atoms with E-state index in [1.54, 1.807) is 0 Å². The lowest BCUT2D eigenvalue weighted by Crippen LogP contribution is -2.16. The fourth-order valence-electron chi connectivity index (χ4n) is 1.80. The Kier molecular flexibility index (Phi) is 12.4. The predicted molar refractivity (Wildman–Crippen MR) is 71.7 cm³/mol. The predicted octanol–water partition coefficient (Wildman–Crippen LogP) is 2.98. The van der Waals surface area contributed by atoms with Crippen LogP contribution in [0.5, 0.6) is 0 Å². The zero-order valence-electron chi connectivity index (χ0n) is 11.6. The van der Waals surface area contributed by atoms with Gasteiger partial charge in [0.2, 0.25) is 0 Å². The summed E-state index contributed by atoms with van der Waals surface area (Å²) < 4.78 is 5.09. The third-order valence-electron chi connectivity index (χ3n) is 2.91. The maximum absolute atomic E-state index is 10.2. The summed E-state index contributed by atoms with van der Waals surface area (Å²) in [6.45, 7) is 2.65. The summed E-state index contributed by atoms with van der Waals surface area (Å²) in [5.41, 5.74) is 0. The Morgan fingerprint density at radius 3 is 2.33 bits per heavy atom. The molecule has 0 bridgehead atoms. The summed E-state index contributed by atoms with van der Waals surface area (Å²) in [6, 6.07) is 0. The molecule has 0 heterocycles. The molecule has 0 radical (unpaired) electrons. The van der Waals surface area contributed by atoms with E-state index in [0.29, 0.717) is 0 Å². The van der Waals surface area contributed by atoms with Crippen molar-refractivity contribution in [2.45, 2.75) is 70.8 Å². The van der Waals surface area contributed by atoms with E-state index in [2.05, 4.69) is 6.92 Å². The number of carbonyl (C=O) groups is 1. The highest BCUT2D eigenvalue weighted by Gasteiger charge is 2.04. The maximum atomic E-state index is 10.2. The maximum Gasteiger partial charge on any atom is 0.305 e. The van der Waals surface area contributed by atoms with Gasteiger partial charge in [0, 0.05) is 0 Å². The van der Waals surface area contributed by atoms with Gasteiger partial charge in [-0.1, -0.05) is 51.9 Å². The van der Waals surface area contributed by atoms with Crippen molar-refractivity contribution in [1.29, 1.82) is 0 Å². The lowest BCUT2D eigenvalue weighted by molar-refractivity contribution is -0.138. The summed E-state index contributed by atoms with van der Waals surface area (Å²) in [5, 5.41) is 18.0. The number of hydrogen-bond acceptors (Lipinski definition) is 3. The Balaban J connectivity index is 3.16. The van der Waals surface area contributed by atoms with Crippen LogP contribution in [0.4, 0.5) is 0 Å². The Labute approximate surface area is 110 Å². The Hall–Kier alpha value is -0.610. The van der Waals surface area contributed by atoms with Gasteiger partial charge in [0.15, 0.2) is 0 Å². The average molecular weight is 260 g/mol. The Morgan fingerprint density at radius 1 is 1.11 bits per heavy atom. The molecule has 0 fully saturated rings. The van der Waals surface area contributed by atoms with E-state index in [1.165, 1.54) is 32.1 Å². The molecule has 1 atom stereocenters. The molecule has 0 aromatic heterocycles. The van der Waals surface area contributed by atoms with Crippen LogP contribution in [0, 0.1) is 0 Å². The minimum absolute atomic E-state index is 0.00412. The van der Waals surface area contributed by atoms with Crippen molar-refractivity contribution >= 4 is 5.97 Å². The van der Waals surface area contributed by atoms with Gasteiger partial charge in [0.1, 0.15) is 0 Å². The molecule has 0 aromatic carbocycles. The molecular weight excluding hydrogens is 232 g/mol. The first-order valence-electron chi connectivity index (χ1n) is 7.14. The normalized spacial score (nSPS) is 12.6. The molecule has 2 N–H and O–H groups in total. The smallest absolute Gasteiger partial charge is 0.305 e. The summed E-state index contributed by atoms with van der Waals surface area (Å²) >= 11 is 0. The summed E-state index contributed by atoms with van der Waals surface area (Å²) in [7, 11) is 0. The van der Waals surface area contributed by atoms with Gasteiger partial charge in [-0.3, -0.25) is 4.79 Å². The van der Waals surface area contributed by atoms with Crippen LogP contribution in [-0.2, 0) is 9.53 Å². The van der Waals surface area contributed by atoms with Crippen LogP contribution in [0.3, 0.4) is 0 Å². The number of carboxylic acids is 1. The third kappa shape index (κ3) is 13.5. The molecule has 108 valence electrons. The largest absolute Gasteiger partial charge is 0.481 e. The number of aliphatic hydroxyl groups excluding tert-OH is 1. The van der Waals surface area contributed by atoms with Crippen molar-refractivity contribution in [3.63, 3.8) is 0 Å². The van der Waals surface area contributed by atoms with Crippen LogP contribution in [0.25, 0.3) is 0 Å². The van der Waals surface area contributed by atoms with Crippen molar-refractivity contribution < 1.29 is 19.7 Å². The van der Waals surface area contributed by atoms with Gasteiger partial charge in [-0.25, -0.2) is 0 Å². The van der Waals surface area contributed by atoms with E-state index < -0.39 is 12.1 Å².